The second-order valence-electron chi connectivity index (χ2n) is 7.10. The molecule has 0 unspecified atom stereocenters. The normalized spacial score (nSPS) is 13.2. The van der Waals surface area contributed by atoms with Crippen molar-refractivity contribution in [2.75, 3.05) is 92.3 Å². The molecule has 1 rings (SSSR count). The number of nitrogens with zero attached hydrogens (tertiary/aromatic N) is 1. The van der Waals surface area contributed by atoms with Crippen molar-refractivity contribution in [2.24, 2.45) is 0 Å². The molecule has 1 aliphatic heterocycles. The molecule has 0 aromatic heterocycles. The molecule has 1 fully saturated rings. The Morgan fingerprint density at radius 3 is 1.53 bits per heavy atom. The van der Waals surface area contributed by atoms with Crippen molar-refractivity contribution in [3.63, 3.8) is 0 Å². The van der Waals surface area contributed by atoms with Gasteiger partial charge in [0.1, 0.15) is 6.61 Å². The molecule has 1 saturated heterocycles. The molecule has 1 N–H and O–H groups in total. The Labute approximate surface area is 224 Å². The lowest BCUT2D eigenvalue weighted by Gasteiger charge is -2.28. The standard InChI is InChI=1S/C21H40N2O8S.2C2H6/c1-2-20(24)22-5-8-26-9-10-27-11-12-28-13-14-29-15-16-30-17-18-31-21(25)23-6-3-19(32)4-7-23;2*1-2/h19,32H,2-18H2,1H3,(H,22,24);2*1-2H3. The lowest BCUT2D eigenvalue weighted by Crippen LogP contribution is -2.39. The van der Waals surface area contributed by atoms with Crippen LogP contribution in [-0.2, 0) is 33.2 Å². The molecule has 10 nitrogen and oxygen atoms in total. The van der Waals surface area contributed by atoms with E-state index in [1.807, 2.05) is 34.6 Å². The Kier molecular flexibility index (Phi) is 31.0. The second kappa shape index (κ2) is 30.1. The van der Waals surface area contributed by atoms with E-state index in [9.17, 15) is 9.59 Å². The highest BCUT2D eigenvalue weighted by Crippen LogP contribution is 2.15. The van der Waals surface area contributed by atoms with Crippen LogP contribution in [0.5, 0.6) is 0 Å². The smallest absolute Gasteiger partial charge is 0.409 e. The van der Waals surface area contributed by atoms with Crippen LogP contribution in [-0.4, -0.2) is 114 Å². The monoisotopic (exact) mass is 540 g/mol. The zero-order valence-electron chi connectivity index (χ0n) is 23.3. The van der Waals surface area contributed by atoms with E-state index in [-0.39, 0.29) is 18.6 Å². The number of piperidine rings is 1. The number of carbonyl (C=O) groups is 2. The number of nitrogens with one attached hydrogen (secondary N) is 1. The summed E-state index contributed by atoms with van der Waals surface area (Å²) >= 11 is 4.41. The molecule has 0 aromatic rings. The number of hydrogen-bond acceptors (Lipinski definition) is 9. The Morgan fingerprint density at radius 1 is 0.722 bits per heavy atom. The first-order valence-corrected chi connectivity index (χ1v) is 13.9. The first-order chi connectivity index (χ1) is 17.6. The zero-order valence-corrected chi connectivity index (χ0v) is 24.2. The number of rotatable bonds is 19. The fourth-order valence-corrected chi connectivity index (χ4v) is 2.93. The van der Waals surface area contributed by atoms with Crippen LogP contribution in [0.1, 0.15) is 53.9 Å². The van der Waals surface area contributed by atoms with Crippen LogP contribution < -0.4 is 5.32 Å². The van der Waals surface area contributed by atoms with Gasteiger partial charge in [0, 0.05) is 31.3 Å². The van der Waals surface area contributed by atoms with Gasteiger partial charge >= 0.3 is 6.09 Å². The summed E-state index contributed by atoms with van der Waals surface area (Å²) in [7, 11) is 0. The third-order valence-corrected chi connectivity index (χ3v) is 5.07. The van der Waals surface area contributed by atoms with E-state index >= 15 is 0 Å². The summed E-state index contributed by atoms with van der Waals surface area (Å²) < 4.78 is 32.1. The van der Waals surface area contributed by atoms with Gasteiger partial charge in [-0.15, -0.1) is 0 Å². The maximum Gasteiger partial charge on any atom is 0.409 e. The van der Waals surface area contributed by atoms with Gasteiger partial charge in [0.2, 0.25) is 5.91 Å². The summed E-state index contributed by atoms with van der Waals surface area (Å²) in [6.07, 6.45) is 2.01. The van der Waals surface area contributed by atoms with Gasteiger partial charge in [-0.1, -0.05) is 34.6 Å². The Morgan fingerprint density at radius 2 is 1.11 bits per heavy atom. The van der Waals surface area contributed by atoms with Crippen LogP contribution in [0.2, 0.25) is 0 Å². The van der Waals surface area contributed by atoms with Crippen LogP contribution in [0, 0.1) is 0 Å². The second-order valence-corrected chi connectivity index (χ2v) is 7.83. The van der Waals surface area contributed by atoms with Gasteiger partial charge in [0.25, 0.3) is 0 Å². The maximum absolute atomic E-state index is 11.9. The SMILES string of the molecule is CC.CC.CCC(=O)NCCOCCOCCOCCOCCOCCOC(=O)N1CCC(S)CC1. The largest absolute Gasteiger partial charge is 0.447 e. The first-order valence-electron chi connectivity index (χ1n) is 13.4. The Bertz CT molecular complexity index is 481. The highest BCUT2D eigenvalue weighted by atomic mass is 32.1. The van der Waals surface area contributed by atoms with Crippen LogP contribution >= 0.6 is 12.6 Å². The molecule has 0 atom stereocenters. The predicted molar refractivity (Wildman–Crippen MR) is 145 cm³/mol. The minimum atomic E-state index is -0.281. The number of carbonyl (C=O) groups excluding carboxylic acids is 2. The third kappa shape index (κ3) is 24.6. The fourth-order valence-electron chi connectivity index (χ4n) is 2.70. The summed E-state index contributed by atoms with van der Waals surface area (Å²) in [6.45, 7) is 16.6. The van der Waals surface area contributed by atoms with Gasteiger partial charge in [-0.05, 0) is 12.8 Å². The van der Waals surface area contributed by atoms with Gasteiger partial charge in [0.05, 0.1) is 66.1 Å². The average molecular weight is 541 g/mol. The zero-order chi connectivity index (χ0) is 27.3. The summed E-state index contributed by atoms with van der Waals surface area (Å²) in [6, 6.07) is 0. The molecule has 0 radical (unpaired) electrons. The number of likely N-dealkylation sites (tertiary alicyclic amines) is 1. The van der Waals surface area contributed by atoms with Crippen molar-refractivity contribution < 1.29 is 38.0 Å². The Hall–Kier alpha value is -1.11. The van der Waals surface area contributed by atoms with Crippen molar-refractivity contribution in [2.45, 2.75) is 59.1 Å². The van der Waals surface area contributed by atoms with Gasteiger partial charge < -0.3 is 38.6 Å². The van der Waals surface area contributed by atoms with Crippen molar-refractivity contribution in [1.82, 2.24) is 10.2 Å². The van der Waals surface area contributed by atoms with Crippen molar-refractivity contribution in [3.05, 3.63) is 0 Å². The molecule has 11 heteroatoms. The molecule has 2 amide bonds. The van der Waals surface area contributed by atoms with Crippen LogP contribution in [0.15, 0.2) is 0 Å². The number of thiol groups is 1. The van der Waals surface area contributed by atoms with E-state index < -0.39 is 0 Å². The van der Waals surface area contributed by atoms with Gasteiger partial charge in [-0.3, -0.25) is 4.79 Å². The quantitative estimate of drug-likeness (QED) is 0.190. The summed E-state index contributed by atoms with van der Waals surface area (Å²) in [4.78, 5) is 24.6. The molecule has 1 aliphatic rings. The van der Waals surface area contributed by atoms with Crippen LogP contribution in [0.3, 0.4) is 0 Å². The van der Waals surface area contributed by atoms with Crippen LogP contribution in [0.4, 0.5) is 4.79 Å². The van der Waals surface area contributed by atoms with E-state index in [1.165, 1.54) is 0 Å². The maximum atomic E-state index is 11.9. The number of hydrogen-bond donors (Lipinski definition) is 2. The highest BCUT2D eigenvalue weighted by molar-refractivity contribution is 7.80. The van der Waals surface area contributed by atoms with Crippen molar-refractivity contribution >= 4 is 24.6 Å². The van der Waals surface area contributed by atoms with E-state index in [1.54, 1.807) is 4.90 Å². The molecule has 0 bridgehead atoms. The lowest BCUT2D eigenvalue weighted by atomic mass is 10.1. The first kappa shape index (κ1) is 37.0. The van der Waals surface area contributed by atoms with Crippen LogP contribution in [0.25, 0.3) is 0 Å². The topological polar surface area (TPSA) is 105 Å². The van der Waals surface area contributed by atoms with E-state index in [0.29, 0.717) is 97.4 Å². The third-order valence-electron chi connectivity index (χ3n) is 4.55. The predicted octanol–water partition coefficient (Wildman–Crippen LogP) is 3.18. The van der Waals surface area contributed by atoms with Gasteiger partial charge in [-0.25, -0.2) is 4.79 Å². The van der Waals surface area contributed by atoms with E-state index in [4.69, 9.17) is 28.4 Å². The fraction of sp³-hybridized carbons (Fsp3) is 0.920. The number of amides is 2. The van der Waals surface area contributed by atoms with Gasteiger partial charge in [0.15, 0.2) is 0 Å². The molecular formula is C25H52N2O8S. The summed E-state index contributed by atoms with van der Waals surface area (Å²) in [5.74, 6) is 0.0252. The molecule has 0 aromatic carbocycles. The van der Waals surface area contributed by atoms with E-state index in [2.05, 4.69) is 17.9 Å². The Balaban J connectivity index is 0. The molecule has 216 valence electrons. The average Bonchev–Trinajstić information content (AvgIpc) is 2.92. The highest BCUT2D eigenvalue weighted by Gasteiger charge is 2.21. The number of ether oxygens (including phenoxy) is 6. The minimum absolute atomic E-state index is 0.0252. The van der Waals surface area contributed by atoms with Crippen molar-refractivity contribution in [3.8, 4) is 0 Å². The molecule has 0 saturated carbocycles. The summed E-state index contributed by atoms with van der Waals surface area (Å²) in [5.41, 5.74) is 0. The molecular weight excluding hydrogens is 488 g/mol. The molecule has 0 aliphatic carbocycles. The molecule has 1 heterocycles. The van der Waals surface area contributed by atoms with Gasteiger partial charge in [-0.2, -0.15) is 12.6 Å². The lowest BCUT2D eigenvalue weighted by molar-refractivity contribution is -0.121. The minimum Gasteiger partial charge on any atom is -0.447 e. The summed E-state index contributed by atoms with van der Waals surface area (Å²) in [5, 5.41) is 3.11. The molecule has 0 spiro atoms. The van der Waals surface area contributed by atoms with E-state index in [0.717, 1.165) is 12.8 Å². The molecule has 36 heavy (non-hydrogen) atoms. The van der Waals surface area contributed by atoms with Crippen molar-refractivity contribution in [1.29, 1.82) is 0 Å².